The lowest BCUT2D eigenvalue weighted by Gasteiger charge is -2.18. The average molecular weight is 281 g/mol. The van der Waals surface area contributed by atoms with E-state index in [-0.39, 0.29) is 6.10 Å². The van der Waals surface area contributed by atoms with Gasteiger partial charge in [-0.25, -0.2) is 0 Å². The van der Waals surface area contributed by atoms with Crippen LogP contribution < -0.4 is 10.1 Å². The van der Waals surface area contributed by atoms with Crippen molar-refractivity contribution < 1.29 is 4.74 Å². The first kappa shape index (κ1) is 14.2. The minimum atomic E-state index is 0.0746. The lowest BCUT2D eigenvalue weighted by molar-refractivity contribution is 0.226. The molecule has 0 amide bonds. The van der Waals surface area contributed by atoms with Crippen LogP contribution in [0.2, 0.25) is 0 Å². The standard InChI is InChI=1S/C19H23NO/c1-14-13-20-11-10-17-12-18(8-9-19(14)17)21-15(2)16-6-4-3-5-7-16/h3-9,12,14-15,20H,10-11,13H2,1-2H3/t14-,15?/m1/s1. The van der Waals surface area contributed by atoms with Crippen LogP contribution in [0.4, 0.5) is 0 Å². The monoisotopic (exact) mass is 281 g/mol. The molecule has 1 aliphatic rings. The van der Waals surface area contributed by atoms with Crippen molar-refractivity contribution in [2.75, 3.05) is 13.1 Å². The van der Waals surface area contributed by atoms with E-state index in [4.69, 9.17) is 4.74 Å². The van der Waals surface area contributed by atoms with Gasteiger partial charge in [0.15, 0.2) is 0 Å². The Hall–Kier alpha value is -1.80. The van der Waals surface area contributed by atoms with Gasteiger partial charge in [-0.05, 0) is 54.6 Å². The maximum Gasteiger partial charge on any atom is 0.121 e. The Balaban J connectivity index is 1.79. The molecule has 0 bridgehead atoms. The van der Waals surface area contributed by atoms with Crippen molar-refractivity contribution in [1.29, 1.82) is 0 Å². The highest BCUT2D eigenvalue weighted by Gasteiger charge is 2.15. The number of benzene rings is 2. The highest BCUT2D eigenvalue weighted by Crippen LogP contribution is 2.28. The summed E-state index contributed by atoms with van der Waals surface area (Å²) >= 11 is 0. The number of fused-ring (bicyclic) bond motifs is 1. The average Bonchev–Trinajstić information content (AvgIpc) is 2.70. The van der Waals surface area contributed by atoms with Crippen molar-refractivity contribution in [2.45, 2.75) is 32.3 Å². The molecule has 110 valence electrons. The number of ether oxygens (including phenoxy) is 1. The van der Waals surface area contributed by atoms with Crippen LogP contribution >= 0.6 is 0 Å². The molecule has 0 radical (unpaired) electrons. The molecule has 0 aliphatic carbocycles. The van der Waals surface area contributed by atoms with Gasteiger partial charge in [0, 0.05) is 6.54 Å². The first-order valence-corrected chi connectivity index (χ1v) is 7.79. The molecule has 3 rings (SSSR count). The Labute approximate surface area is 127 Å². The lowest BCUT2D eigenvalue weighted by atomic mass is 9.95. The molecule has 0 spiro atoms. The Morgan fingerprint density at radius 3 is 2.76 bits per heavy atom. The summed E-state index contributed by atoms with van der Waals surface area (Å²) in [5.74, 6) is 1.54. The Bertz CT molecular complexity index is 594. The largest absolute Gasteiger partial charge is 0.486 e. The van der Waals surface area contributed by atoms with Crippen LogP contribution in [-0.4, -0.2) is 13.1 Å². The van der Waals surface area contributed by atoms with Crippen LogP contribution in [0.5, 0.6) is 5.75 Å². The van der Waals surface area contributed by atoms with Crippen molar-refractivity contribution >= 4 is 0 Å². The summed E-state index contributed by atoms with van der Waals surface area (Å²) < 4.78 is 6.12. The molecule has 1 heterocycles. The number of rotatable bonds is 3. The molecular weight excluding hydrogens is 258 g/mol. The van der Waals surface area contributed by atoms with Crippen molar-refractivity contribution in [1.82, 2.24) is 5.32 Å². The molecule has 0 saturated heterocycles. The van der Waals surface area contributed by atoms with E-state index in [0.29, 0.717) is 5.92 Å². The Kier molecular flexibility index (Phi) is 4.26. The number of hydrogen-bond acceptors (Lipinski definition) is 2. The number of hydrogen-bond donors (Lipinski definition) is 1. The zero-order valence-corrected chi connectivity index (χ0v) is 12.8. The van der Waals surface area contributed by atoms with Gasteiger partial charge in [-0.3, -0.25) is 0 Å². The summed E-state index contributed by atoms with van der Waals surface area (Å²) in [6.45, 7) is 6.50. The minimum Gasteiger partial charge on any atom is -0.486 e. The smallest absolute Gasteiger partial charge is 0.121 e. The van der Waals surface area contributed by atoms with Crippen LogP contribution in [0.15, 0.2) is 48.5 Å². The highest BCUT2D eigenvalue weighted by molar-refractivity contribution is 5.39. The van der Waals surface area contributed by atoms with Crippen molar-refractivity contribution in [2.24, 2.45) is 0 Å². The summed E-state index contributed by atoms with van der Waals surface area (Å²) in [7, 11) is 0. The first-order valence-electron chi connectivity index (χ1n) is 7.79. The molecule has 1 aliphatic heterocycles. The molecule has 2 nitrogen and oxygen atoms in total. The fourth-order valence-electron chi connectivity index (χ4n) is 3.00. The van der Waals surface area contributed by atoms with Crippen molar-refractivity contribution in [3.8, 4) is 5.75 Å². The quantitative estimate of drug-likeness (QED) is 0.915. The summed E-state index contributed by atoms with van der Waals surface area (Å²) in [5, 5.41) is 3.49. The van der Waals surface area contributed by atoms with Crippen LogP contribution in [0.25, 0.3) is 0 Å². The van der Waals surface area contributed by atoms with Gasteiger partial charge in [0.1, 0.15) is 11.9 Å². The SMILES string of the molecule is CC(Oc1ccc2c(c1)CCNC[C@H]2C)c1ccccc1. The lowest BCUT2D eigenvalue weighted by Crippen LogP contribution is -2.18. The fraction of sp³-hybridized carbons (Fsp3) is 0.368. The van der Waals surface area contributed by atoms with E-state index in [1.807, 2.05) is 6.07 Å². The maximum atomic E-state index is 6.12. The Morgan fingerprint density at radius 2 is 1.95 bits per heavy atom. The predicted octanol–water partition coefficient (Wildman–Crippen LogP) is 4.08. The maximum absolute atomic E-state index is 6.12. The second kappa shape index (κ2) is 6.31. The van der Waals surface area contributed by atoms with Crippen molar-refractivity contribution in [3.63, 3.8) is 0 Å². The van der Waals surface area contributed by atoms with E-state index < -0.39 is 0 Å². The first-order chi connectivity index (χ1) is 10.2. The molecule has 2 heteroatoms. The van der Waals surface area contributed by atoms with E-state index in [9.17, 15) is 0 Å². The zero-order chi connectivity index (χ0) is 14.7. The van der Waals surface area contributed by atoms with Crippen LogP contribution in [0.3, 0.4) is 0 Å². The third-order valence-corrected chi connectivity index (χ3v) is 4.25. The van der Waals surface area contributed by atoms with E-state index in [2.05, 4.69) is 61.6 Å². The van der Waals surface area contributed by atoms with Gasteiger partial charge in [0.2, 0.25) is 0 Å². The van der Waals surface area contributed by atoms with Gasteiger partial charge in [-0.15, -0.1) is 0 Å². The van der Waals surface area contributed by atoms with Gasteiger partial charge < -0.3 is 10.1 Å². The topological polar surface area (TPSA) is 21.3 Å². The molecule has 1 unspecified atom stereocenters. The van der Waals surface area contributed by atoms with Gasteiger partial charge in [0.25, 0.3) is 0 Å². The molecule has 0 aromatic heterocycles. The molecule has 2 atom stereocenters. The molecule has 2 aromatic carbocycles. The molecule has 0 saturated carbocycles. The second-order valence-electron chi connectivity index (χ2n) is 5.89. The van der Waals surface area contributed by atoms with Gasteiger partial charge in [-0.1, -0.05) is 43.3 Å². The van der Waals surface area contributed by atoms with E-state index in [0.717, 1.165) is 25.3 Å². The fourth-order valence-corrected chi connectivity index (χ4v) is 3.00. The third-order valence-electron chi connectivity index (χ3n) is 4.25. The highest BCUT2D eigenvalue weighted by atomic mass is 16.5. The zero-order valence-electron chi connectivity index (χ0n) is 12.8. The normalized spacial score (nSPS) is 19.4. The summed E-state index contributed by atoms with van der Waals surface area (Å²) in [4.78, 5) is 0. The van der Waals surface area contributed by atoms with Crippen LogP contribution in [0.1, 0.15) is 42.6 Å². The van der Waals surface area contributed by atoms with E-state index in [1.54, 1.807) is 0 Å². The second-order valence-corrected chi connectivity index (χ2v) is 5.89. The summed E-state index contributed by atoms with van der Waals surface area (Å²) in [6, 6.07) is 16.9. The summed E-state index contributed by atoms with van der Waals surface area (Å²) in [5.41, 5.74) is 4.09. The predicted molar refractivity (Wildman–Crippen MR) is 86.9 cm³/mol. The van der Waals surface area contributed by atoms with E-state index >= 15 is 0 Å². The van der Waals surface area contributed by atoms with Gasteiger partial charge in [-0.2, -0.15) is 0 Å². The van der Waals surface area contributed by atoms with Gasteiger partial charge >= 0.3 is 0 Å². The van der Waals surface area contributed by atoms with Crippen LogP contribution in [-0.2, 0) is 6.42 Å². The third kappa shape index (κ3) is 3.27. The van der Waals surface area contributed by atoms with E-state index in [1.165, 1.54) is 16.7 Å². The summed E-state index contributed by atoms with van der Waals surface area (Å²) in [6.07, 6.45) is 1.15. The molecule has 21 heavy (non-hydrogen) atoms. The molecule has 1 N–H and O–H groups in total. The molecular formula is C19H23NO. The minimum absolute atomic E-state index is 0.0746. The number of nitrogens with one attached hydrogen (secondary N) is 1. The van der Waals surface area contributed by atoms with Crippen molar-refractivity contribution in [3.05, 3.63) is 65.2 Å². The molecule has 2 aromatic rings. The van der Waals surface area contributed by atoms with Gasteiger partial charge in [0.05, 0.1) is 0 Å². The van der Waals surface area contributed by atoms with Crippen LogP contribution in [0, 0.1) is 0 Å². The Morgan fingerprint density at radius 1 is 1.14 bits per heavy atom. The molecule has 0 fully saturated rings.